The lowest BCUT2D eigenvalue weighted by atomic mass is 9.78. The zero-order valence-electron chi connectivity index (χ0n) is 20.9. The molecule has 1 aromatic heterocycles. The van der Waals surface area contributed by atoms with Crippen LogP contribution in [0.5, 0.6) is 0 Å². The van der Waals surface area contributed by atoms with E-state index in [0.717, 1.165) is 28.8 Å². The van der Waals surface area contributed by atoms with Crippen LogP contribution >= 0.6 is 0 Å². The van der Waals surface area contributed by atoms with E-state index in [1.54, 1.807) is 12.0 Å². The van der Waals surface area contributed by atoms with Gasteiger partial charge in [0, 0.05) is 43.2 Å². The van der Waals surface area contributed by atoms with Crippen molar-refractivity contribution in [2.45, 2.75) is 46.1 Å². The largest absolute Gasteiger partial charge is 0.383 e. The summed E-state index contributed by atoms with van der Waals surface area (Å²) in [5.74, 6) is -0.132. The van der Waals surface area contributed by atoms with Gasteiger partial charge >= 0.3 is 0 Å². The van der Waals surface area contributed by atoms with E-state index in [4.69, 9.17) is 4.74 Å². The average Bonchev–Trinajstić information content (AvgIpc) is 3.19. The second kappa shape index (κ2) is 12.8. The zero-order valence-corrected chi connectivity index (χ0v) is 20.9. The molecule has 2 heterocycles. The molecule has 0 aliphatic carbocycles. The summed E-state index contributed by atoms with van der Waals surface area (Å²) in [5.41, 5.74) is 4.35. The lowest BCUT2D eigenvalue weighted by Gasteiger charge is -2.41. The Bertz CT molecular complexity index is 1020. The van der Waals surface area contributed by atoms with Gasteiger partial charge in [0.2, 0.25) is 5.91 Å². The highest BCUT2D eigenvalue weighted by atomic mass is 16.5. The van der Waals surface area contributed by atoms with Gasteiger partial charge in [-0.2, -0.15) is 0 Å². The maximum absolute atomic E-state index is 13.6. The first kappa shape index (κ1) is 26.9. The van der Waals surface area contributed by atoms with E-state index >= 15 is 0 Å². The number of ether oxygens (including phenoxy) is 1. The number of hydrogen-bond donors (Lipinski definition) is 2. The number of methoxy groups -OCH3 is 1. The van der Waals surface area contributed by atoms with Gasteiger partial charge in [0.1, 0.15) is 0 Å². The molecule has 0 spiro atoms. The molecule has 2 amide bonds. The first-order valence-electron chi connectivity index (χ1n) is 11.7. The Morgan fingerprint density at radius 3 is 2.62 bits per heavy atom. The molecule has 1 aliphatic heterocycles. The molecular formula is C28H37N3O3. The number of aryl methyl sites for hydroxylation is 1. The number of H-pyrrole nitrogens is 1. The summed E-state index contributed by atoms with van der Waals surface area (Å²) < 4.78 is 5.32. The number of nitrogens with zero attached hydrogens (tertiary/aromatic N) is 1. The predicted octanol–water partition coefficient (Wildman–Crippen LogP) is 4.70. The van der Waals surface area contributed by atoms with E-state index in [1.165, 1.54) is 0 Å². The monoisotopic (exact) mass is 463 g/mol. The zero-order chi connectivity index (χ0) is 25.3. The van der Waals surface area contributed by atoms with Crippen LogP contribution in [0, 0.1) is 25.7 Å². The number of nitrogens with one attached hydrogen (secondary N) is 2. The standard InChI is InChI=1S/C26H35N3O3.C2H2/c1-6-9-19-18(4)28-16-22(19)24-23(25(30)27-13-12-17(2)3)20-10-7-8-11-21(20)26(31)29(24)14-15-32-5;1-2/h6-11,16-17,23-24,28H,12-15H2,1-5H3,(H,27,30);1-2H/b9-6-;. The summed E-state index contributed by atoms with van der Waals surface area (Å²) in [6, 6.07) is 7.05. The minimum Gasteiger partial charge on any atom is -0.383 e. The molecular weight excluding hydrogens is 426 g/mol. The van der Waals surface area contributed by atoms with Crippen molar-refractivity contribution in [3.05, 3.63) is 64.5 Å². The molecule has 0 saturated heterocycles. The molecule has 1 aliphatic rings. The van der Waals surface area contributed by atoms with Crippen molar-refractivity contribution >= 4 is 17.9 Å². The summed E-state index contributed by atoms with van der Waals surface area (Å²) in [4.78, 5) is 32.3. The van der Waals surface area contributed by atoms with Gasteiger partial charge in [0.05, 0.1) is 18.6 Å². The van der Waals surface area contributed by atoms with E-state index in [9.17, 15) is 9.59 Å². The number of hydrogen-bond acceptors (Lipinski definition) is 3. The number of rotatable bonds is 9. The number of fused-ring (bicyclic) bond motifs is 1. The lowest BCUT2D eigenvalue weighted by molar-refractivity contribution is -0.124. The SMILES string of the molecule is C#C.C/C=C\c1c(C2C(C(=O)NCCC(C)C)c3ccccc3C(=O)N2CCOC)c[nH]c1C. The second-order valence-corrected chi connectivity index (χ2v) is 8.76. The van der Waals surface area contributed by atoms with Gasteiger partial charge in [-0.25, -0.2) is 0 Å². The summed E-state index contributed by atoms with van der Waals surface area (Å²) >= 11 is 0. The van der Waals surface area contributed by atoms with Crippen molar-refractivity contribution in [1.82, 2.24) is 15.2 Å². The predicted molar refractivity (Wildman–Crippen MR) is 137 cm³/mol. The molecule has 0 bridgehead atoms. The highest BCUT2D eigenvalue weighted by Crippen LogP contribution is 2.44. The lowest BCUT2D eigenvalue weighted by Crippen LogP contribution is -2.48. The van der Waals surface area contributed by atoms with E-state index in [1.807, 2.05) is 56.5 Å². The number of carbonyl (C=O) groups excluding carboxylic acids is 2. The molecule has 3 rings (SSSR count). The Morgan fingerprint density at radius 1 is 1.26 bits per heavy atom. The Labute approximate surface area is 203 Å². The van der Waals surface area contributed by atoms with Crippen molar-refractivity contribution in [1.29, 1.82) is 0 Å². The minimum atomic E-state index is -0.507. The van der Waals surface area contributed by atoms with Crippen LogP contribution in [-0.4, -0.2) is 48.5 Å². The number of amides is 2. The minimum absolute atomic E-state index is 0.0525. The summed E-state index contributed by atoms with van der Waals surface area (Å²) in [6.45, 7) is 9.68. The summed E-state index contributed by atoms with van der Waals surface area (Å²) in [7, 11) is 1.62. The molecule has 182 valence electrons. The van der Waals surface area contributed by atoms with Crippen LogP contribution in [0.4, 0.5) is 0 Å². The van der Waals surface area contributed by atoms with Crippen LogP contribution < -0.4 is 5.32 Å². The fourth-order valence-corrected chi connectivity index (χ4v) is 4.44. The molecule has 6 nitrogen and oxygen atoms in total. The highest BCUT2D eigenvalue weighted by Gasteiger charge is 2.44. The van der Waals surface area contributed by atoms with Gasteiger partial charge in [0.15, 0.2) is 0 Å². The Kier molecular flexibility index (Phi) is 10.2. The highest BCUT2D eigenvalue weighted by molar-refractivity contribution is 6.01. The molecule has 2 aromatic rings. The van der Waals surface area contributed by atoms with E-state index in [2.05, 4.69) is 37.0 Å². The number of terminal acetylenes is 1. The molecule has 0 radical (unpaired) electrons. The summed E-state index contributed by atoms with van der Waals surface area (Å²) in [5, 5.41) is 3.14. The topological polar surface area (TPSA) is 74.4 Å². The van der Waals surface area contributed by atoms with Crippen molar-refractivity contribution in [3.63, 3.8) is 0 Å². The molecule has 2 N–H and O–H groups in total. The molecule has 2 atom stereocenters. The first-order chi connectivity index (χ1) is 16.4. The number of aromatic amines is 1. The Morgan fingerprint density at radius 2 is 1.97 bits per heavy atom. The van der Waals surface area contributed by atoms with Crippen LogP contribution in [0.15, 0.2) is 36.5 Å². The van der Waals surface area contributed by atoms with Gasteiger partial charge in [-0.05, 0) is 43.4 Å². The smallest absolute Gasteiger partial charge is 0.254 e. The molecule has 0 saturated carbocycles. The Hall–Kier alpha value is -3.30. The van der Waals surface area contributed by atoms with E-state index in [0.29, 0.717) is 31.2 Å². The Balaban J connectivity index is 0.00000199. The van der Waals surface area contributed by atoms with Crippen molar-refractivity contribution in [2.75, 3.05) is 26.8 Å². The van der Waals surface area contributed by atoms with Crippen LogP contribution in [0.25, 0.3) is 6.08 Å². The number of benzene rings is 1. The molecule has 6 heteroatoms. The van der Waals surface area contributed by atoms with E-state index < -0.39 is 12.0 Å². The van der Waals surface area contributed by atoms with Gasteiger partial charge < -0.3 is 19.9 Å². The molecule has 0 fully saturated rings. The first-order valence-corrected chi connectivity index (χ1v) is 11.7. The van der Waals surface area contributed by atoms with Gasteiger partial charge in [-0.1, -0.05) is 44.2 Å². The van der Waals surface area contributed by atoms with Crippen LogP contribution in [0.3, 0.4) is 0 Å². The quantitative estimate of drug-likeness (QED) is 0.530. The van der Waals surface area contributed by atoms with Gasteiger partial charge in [-0.3, -0.25) is 9.59 Å². The molecule has 34 heavy (non-hydrogen) atoms. The third-order valence-electron chi connectivity index (χ3n) is 6.09. The van der Waals surface area contributed by atoms with Crippen LogP contribution in [0.2, 0.25) is 0 Å². The molecule has 1 aromatic carbocycles. The van der Waals surface area contributed by atoms with Crippen molar-refractivity contribution < 1.29 is 14.3 Å². The van der Waals surface area contributed by atoms with Gasteiger partial charge in [0.25, 0.3) is 5.91 Å². The average molecular weight is 464 g/mol. The second-order valence-electron chi connectivity index (χ2n) is 8.76. The van der Waals surface area contributed by atoms with Crippen LogP contribution in [-0.2, 0) is 9.53 Å². The van der Waals surface area contributed by atoms with Crippen molar-refractivity contribution in [3.8, 4) is 12.8 Å². The normalized spacial score (nSPS) is 17.4. The number of carbonyl (C=O) groups is 2. The van der Waals surface area contributed by atoms with Gasteiger partial charge in [-0.15, -0.1) is 12.8 Å². The third-order valence-corrected chi connectivity index (χ3v) is 6.09. The third kappa shape index (κ3) is 5.78. The van der Waals surface area contributed by atoms with Crippen LogP contribution in [0.1, 0.15) is 71.9 Å². The summed E-state index contributed by atoms with van der Waals surface area (Å²) in [6.07, 6.45) is 14.9. The maximum atomic E-state index is 13.6. The van der Waals surface area contributed by atoms with E-state index in [-0.39, 0.29) is 11.8 Å². The number of allylic oxidation sites excluding steroid dienone is 1. The fraction of sp³-hybridized carbons (Fsp3) is 0.429. The fourth-order valence-electron chi connectivity index (χ4n) is 4.44. The number of aromatic nitrogens is 1. The molecule has 2 unspecified atom stereocenters. The van der Waals surface area contributed by atoms with Crippen molar-refractivity contribution in [2.24, 2.45) is 5.92 Å². The maximum Gasteiger partial charge on any atom is 0.254 e.